The molecule has 0 fully saturated rings. The first-order chi connectivity index (χ1) is 4.88. The van der Waals surface area contributed by atoms with Crippen LogP contribution < -0.4 is 0 Å². The van der Waals surface area contributed by atoms with E-state index in [2.05, 4.69) is 12.6 Å². The summed E-state index contributed by atoms with van der Waals surface area (Å²) in [6.45, 7) is 3.54. The summed E-state index contributed by atoms with van der Waals surface area (Å²) in [6, 6.07) is 5.64. The first kappa shape index (κ1) is 6.63. The first-order valence-electron chi connectivity index (χ1n) is 3.03. The van der Waals surface area contributed by atoms with Gasteiger partial charge in [-0.3, -0.25) is 0 Å². The molecule has 1 atom stereocenters. The zero-order valence-corrected chi connectivity index (χ0v) is 5.57. The molecule has 2 heteroatoms. The smallest absolute Gasteiger partial charge is 0.138 e. The number of rotatable bonds is 2. The van der Waals surface area contributed by atoms with Gasteiger partial charge in [0.15, 0.2) is 0 Å². The largest absolute Gasteiger partial charge is 0.335 e. The van der Waals surface area contributed by atoms with Gasteiger partial charge in [0.05, 0.1) is 6.07 Å². The predicted molar refractivity (Wildman–Crippen MR) is 39.3 cm³/mol. The lowest BCUT2D eigenvalue weighted by Crippen LogP contribution is -1.99. The second-order valence-corrected chi connectivity index (χ2v) is 1.94. The molecular weight excluding hydrogens is 124 g/mol. The Morgan fingerprint density at radius 2 is 2.10 bits per heavy atom. The summed E-state index contributed by atoms with van der Waals surface area (Å²) < 4.78 is 1.80. The van der Waals surface area contributed by atoms with Crippen LogP contribution in [0.4, 0.5) is 0 Å². The van der Waals surface area contributed by atoms with Gasteiger partial charge in [0.25, 0.3) is 0 Å². The van der Waals surface area contributed by atoms with Crippen LogP contribution in [0.1, 0.15) is 6.04 Å². The van der Waals surface area contributed by atoms with E-state index in [-0.39, 0.29) is 6.04 Å². The van der Waals surface area contributed by atoms with E-state index in [0.717, 1.165) is 0 Å². The summed E-state index contributed by atoms with van der Waals surface area (Å²) in [7, 11) is 0. The lowest BCUT2D eigenvalue weighted by atomic mass is 10.3. The third-order valence-corrected chi connectivity index (χ3v) is 1.30. The molecule has 1 heterocycles. The number of hydrogen-bond donors (Lipinski definition) is 0. The molecule has 1 aromatic heterocycles. The van der Waals surface area contributed by atoms with Crippen molar-refractivity contribution in [2.24, 2.45) is 0 Å². The van der Waals surface area contributed by atoms with Crippen molar-refractivity contribution in [3.63, 3.8) is 0 Å². The van der Waals surface area contributed by atoms with E-state index in [4.69, 9.17) is 5.26 Å². The van der Waals surface area contributed by atoms with Gasteiger partial charge in [-0.25, -0.2) is 0 Å². The monoisotopic (exact) mass is 132 g/mol. The zero-order valence-electron chi connectivity index (χ0n) is 5.57. The third-order valence-electron chi connectivity index (χ3n) is 1.30. The molecule has 0 amide bonds. The Morgan fingerprint density at radius 3 is 2.50 bits per heavy atom. The fourth-order valence-electron chi connectivity index (χ4n) is 0.774. The molecular formula is C8H8N2. The Kier molecular flexibility index (Phi) is 1.91. The molecule has 0 bridgehead atoms. The van der Waals surface area contributed by atoms with Gasteiger partial charge in [-0.2, -0.15) is 5.26 Å². The molecule has 50 valence electrons. The second-order valence-electron chi connectivity index (χ2n) is 1.94. The number of nitrogens with zero attached hydrogens (tertiary/aromatic N) is 2. The maximum Gasteiger partial charge on any atom is 0.138 e. The first-order valence-corrected chi connectivity index (χ1v) is 3.03. The van der Waals surface area contributed by atoms with E-state index in [1.165, 1.54) is 0 Å². The molecule has 0 radical (unpaired) electrons. The molecule has 2 nitrogen and oxygen atoms in total. The summed E-state index contributed by atoms with van der Waals surface area (Å²) in [5.41, 5.74) is 0. The van der Waals surface area contributed by atoms with Crippen LogP contribution in [-0.4, -0.2) is 4.57 Å². The highest BCUT2D eigenvalue weighted by Crippen LogP contribution is 2.04. The Morgan fingerprint density at radius 1 is 1.50 bits per heavy atom. The van der Waals surface area contributed by atoms with Crippen LogP contribution in [0.25, 0.3) is 0 Å². The quantitative estimate of drug-likeness (QED) is 0.563. The molecule has 1 unspecified atom stereocenters. The van der Waals surface area contributed by atoms with E-state index >= 15 is 0 Å². The molecule has 0 aromatic carbocycles. The Balaban J connectivity index is 2.86. The number of hydrogen-bond acceptors (Lipinski definition) is 1. The van der Waals surface area contributed by atoms with Crippen LogP contribution >= 0.6 is 0 Å². The lowest BCUT2D eigenvalue weighted by molar-refractivity contribution is 0.742. The van der Waals surface area contributed by atoms with E-state index in [0.29, 0.717) is 0 Å². The fraction of sp³-hybridized carbons (Fsp3) is 0.125. The van der Waals surface area contributed by atoms with E-state index < -0.39 is 0 Å². The van der Waals surface area contributed by atoms with Gasteiger partial charge in [-0.05, 0) is 12.1 Å². The maximum atomic E-state index is 8.56. The van der Waals surface area contributed by atoms with Crippen molar-refractivity contribution >= 4 is 0 Å². The highest BCUT2D eigenvalue weighted by molar-refractivity contribution is 5.05. The standard InChI is InChI=1S/C8H8N2/c1-2-8(7-9)10-5-3-4-6-10/h2-6,8H,1H2. The van der Waals surface area contributed by atoms with Gasteiger partial charge in [0.1, 0.15) is 6.04 Å². The Labute approximate surface area is 60.0 Å². The lowest BCUT2D eigenvalue weighted by Gasteiger charge is -2.02. The van der Waals surface area contributed by atoms with E-state index in [9.17, 15) is 0 Å². The summed E-state index contributed by atoms with van der Waals surface area (Å²) in [5, 5.41) is 8.56. The van der Waals surface area contributed by atoms with Gasteiger partial charge < -0.3 is 4.57 Å². The van der Waals surface area contributed by atoms with Crippen molar-refractivity contribution in [1.29, 1.82) is 5.26 Å². The van der Waals surface area contributed by atoms with Crippen LogP contribution in [0.3, 0.4) is 0 Å². The molecule has 0 saturated heterocycles. The maximum absolute atomic E-state index is 8.56. The van der Waals surface area contributed by atoms with E-state index in [1.54, 1.807) is 10.6 Å². The molecule has 0 saturated carbocycles. The highest BCUT2D eigenvalue weighted by atomic mass is 15.0. The average molecular weight is 132 g/mol. The normalized spacial score (nSPS) is 11.9. The third kappa shape index (κ3) is 1.08. The van der Waals surface area contributed by atoms with Gasteiger partial charge in [0.2, 0.25) is 0 Å². The van der Waals surface area contributed by atoms with Crippen LogP contribution in [0.5, 0.6) is 0 Å². The number of allylic oxidation sites excluding steroid dienone is 1. The minimum atomic E-state index is -0.227. The van der Waals surface area contributed by atoms with Gasteiger partial charge in [-0.1, -0.05) is 12.7 Å². The van der Waals surface area contributed by atoms with Gasteiger partial charge in [-0.15, -0.1) is 0 Å². The molecule has 1 rings (SSSR count). The van der Waals surface area contributed by atoms with Crippen molar-refractivity contribution in [2.45, 2.75) is 6.04 Å². The minimum Gasteiger partial charge on any atom is -0.335 e. The summed E-state index contributed by atoms with van der Waals surface area (Å²) in [6.07, 6.45) is 5.30. The van der Waals surface area contributed by atoms with Crippen molar-refractivity contribution in [2.75, 3.05) is 0 Å². The SMILES string of the molecule is C=CC(C#N)n1cccc1. The molecule has 10 heavy (non-hydrogen) atoms. The molecule has 0 spiro atoms. The topological polar surface area (TPSA) is 28.7 Å². The van der Waals surface area contributed by atoms with Crippen molar-refractivity contribution in [3.8, 4) is 6.07 Å². The number of nitriles is 1. The zero-order chi connectivity index (χ0) is 7.40. The van der Waals surface area contributed by atoms with Crippen LogP contribution in [0.15, 0.2) is 37.2 Å². The van der Waals surface area contributed by atoms with Crippen LogP contribution in [-0.2, 0) is 0 Å². The van der Waals surface area contributed by atoms with Crippen molar-refractivity contribution in [1.82, 2.24) is 4.57 Å². The summed E-state index contributed by atoms with van der Waals surface area (Å²) >= 11 is 0. The average Bonchev–Trinajstić information content (AvgIpc) is 2.43. The highest BCUT2D eigenvalue weighted by Gasteiger charge is 1.99. The number of aromatic nitrogens is 1. The van der Waals surface area contributed by atoms with Crippen molar-refractivity contribution < 1.29 is 0 Å². The fourth-order valence-corrected chi connectivity index (χ4v) is 0.774. The molecule has 0 aliphatic rings. The van der Waals surface area contributed by atoms with Gasteiger partial charge in [0, 0.05) is 12.4 Å². The second kappa shape index (κ2) is 2.88. The minimum absolute atomic E-state index is 0.227. The predicted octanol–water partition coefficient (Wildman–Crippen LogP) is 1.74. The summed E-state index contributed by atoms with van der Waals surface area (Å²) in [5.74, 6) is 0. The van der Waals surface area contributed by atoms with Gasteiger partial charge >= 0.3 is 0 Å². The molecule has 0 aliphatic heterocycles. The van der Waals surface area contributed by atoms with Crippen LogP contribution in [0, 0.1) is 11.3 Å². The molecule has 0 aliphatic carbocycles. The molecule has 0 N–H and O–H groups in total. The van der Waals surface area contributed by atoms with E-state index in [1.807, 2.05) is 24.5 Å². The Hall–Kier alpha value is -1.49. The summed E-state index contributed by atoms with van der Waals surface area (Å²) in [4.78, 5) is 0. The molecule has 1 aromatic rings. The Bertz CT molecular complexity index is 241. The van der Waals surface area contributed by atoms with Crippen molar-refractivity contribution in [3.05, 3.63) is 37.2 Å². The van der Waals surface area contributed by atoms with Crippen LogP contribution in [0.2, 0.25) is 0 Å².